The highest BCUT2D eigenvalue weighted by molar-refractivity contribution is 5.89. The molecule has 1 aliphatic heterocycles. The Balaban J connectivity index is 2.02. The monoisotopic (exact) mass is 221 g/mol. The zero-order valence-electron chi connectivity index (χ0n) is 9.22. The van der Waals surface area contributed by atoms with Gasteiger partial charge in [-0.05, 0) is 17.7 Å². The Morgan fingerprint density at radius 3 is 2.94 bits per heavy atom. The molecule has 0 saturated carbocycles. The largest absolute Gasteiger partial charge is 0.465 e. The topological polar surface area (TPSA) is 49.8 Å². The van der Waals surface area contributed by atoms with E-state index in [4.69, 9.17) is 5.11 Å². The highest BCUT2D eigenvalue weighted by Crippen LogP contribution is 2.14. The first-order valence-electron chi connectivity index (χ1n) is 5.26. The van der Waals surface area contributed by atoms with Gasteiger partial charge in [0.15, 0.2) is 0 Å². The molecule has 1 aliphatic rings. The number of ether oxygens (including phenoxy) is 1. The smallest absolute Gasteiger partial charge is 0.337 e. The maximum Gasteiger partial charge on any atom is 0.337 e. The number of hydrogen-bond acceptors (Lipinski definition) is 4. The predicted molar refractivity (Wildman–Crippen MR) is 59.1 cm³/mol. The molecular weight excluding hydrogens is 206 g/mol. The van der Waals surface area contributed by atoms with Crippen molar-refractivity contribution in [1.82, 2.24) is 4.90 Å². The molecule has 1 saturated heterocycles. The third-order valence-electron chi connectivity index (χ3n) is 2.69. The third kappa shape index (κ3) is 2.40. The second kappa shape index (κ2) is 4.63. The number of esters is 1. The van der Waals surface area contributed by atoms with Gasteiger partial charge in [-0.3, -0.25) is 4.90 Å². The lowest BCUT2D eigenvalue weighted by molar-refractivity contribution is -0.00289. The summed E-state index contributed by atoms with van der Waals surface area (Å²) in [5.41, 5.74) is 1.64. The number of β-amino-alcohol motifs (C(OH)–C–C–N with tert-alkyl or cyclic N) is 1. The summed E-state index contributed by atoms with van der Waals surface area (Å²) in [6.07, 6.45) is -0.191. The van der Waals surface area contributed by atoms with Crippen LogP contribution in [-0.4, -0.2) is 42.3 Å². The number of likely N-dealkylation sites (tertiary alicyclic amines) is 1. The first kappa shape index (κ1) is 11.1. The maximum absolute atomic E-state index is 11.3. The Morgan fingerprint density at radius 1 is 1.56 bits per heavy atom. The van der Waals surface area contributed by atoms with E-state index < -0.39 is 0 Å². The van der Waals surface area contributed by atoms with Gasteiger partial charge in [0.1, 0.15) is 0 Å². The lowest BCUT2D eigenvalue weighted by atomic mass is 10.1. The summed E-state index contributed by atoms with van der Waals surface area (Å²) in [7, 11) is 1.38. The predicted octanol–water partition coefficient (Wildman–Crippen LogP) is 0.650. The van der Waals surface area contributed by atoms with E-state index in [2.05, 4.69) is 9.64 Å². The Hall–Kier alpha value is -1.39. The Bertz CT molecular complexity index is 386. The minimum Gasteiger partial charge on any atom is -0.465 e. The van der Waals surface area contributed by atoms with E-state index in [9.17, 15) is 4.79 Å². The molecule has 0 amide bonds. The molecule has 1 aromatic carbocycles. The molecule has 2 rings (SSSR count). The molecule has 0 aliphatic carbocycles. The van der Waals surface area contributed by atoms with Gasteiger partial charge in [-0.15, -0.1) is 0 Å². The summed E-state index contributed by atoms with van der Waals surface area (Å²) in [4.78, 5) is 13.4. The Kier molecular flexibility index (Phi) is 3.22. The molecule has 0 unspecified atom stereocenters. The summed E-state index contributed by atoms with van der Waals surface area (Å²) in [6.45, 7) is 2.19. The van der Waals surface area contributed by atoms with Gasteiger partial charge in [-0.1, -0.05) is 12.1 Å². The van der Waals surface area contributed by atoms with Gasteiger partial charge in [0.05, 0.1) is 18.8 Å². The second-order valence-electron chi connectivity index (χ2n) is 4.04. The second-order valence-corrected chi connectivity index (χ2v) is 4.04. The van der Waals surface area contributed by atoms with Crippen LogP contribution in [0.25, 0.3) is 0 Å². The fourth-order valence-electron chi connectivity index (χ4n) is 1.84. The minimum absolute atomic E-state index is 0.191. The van der Waals surface area contributed by atoms with Gasteiger partial charge >= 0.3 is 5.97 Å². The van der Waals surface area contributed by atoms with Gasteiger partial charge in [-0.25, -0.2) is 4.79 Å². The van der Waals surface area contributed by atoms with Crippen molar-refractivity contribution in [3.8, 4) is 0 Å². The number of carbonyl (C=O) groups is 1. The van der Waals surface area contributed by atoms with Crippen LogP contribution in [0.3, 0.4) is 0 Å². The third-order valence-corrected chi connectivity index (χ3v) is 2.69. The van der Waals surface area contributed by atoms with E-state index in [0.717, 1.165) is 12.1 Å². The van der Waals surface area contributed by atoms with Crippen molar-refractivity contribution in [2.45, 2.75) is 12.6 Å². The summed E-state index contributed by atoms with van der Waals surface area (Å²) in [5.74, 6) is -0.314. The quantitative estimate of drug-likeness (QED) is 0.761. The first-order valence-corrected chi connectivity index (χ1v) is 5.26. The van der Waals surface area contributed by atoms with Crippen molar-refractivity contribution in [3.05, 3.63) is 35.4 Å². The van der Waals surface area contributed by atoms with Crippen molar-refractivity contribution >= 4 is 5.97 Å². The normalized spacial score (nSPS) is 16.9. The SMILES string of the molecule is COC(=O)c1cccc(CN2CC(O)C2)c1. The summed E-state index contributed by atoms with van der Waals surface area (Å²) < 4.78 is 4.66. The van der Waals surface area contributed by atoms with Crippen LogP contribution in [0.2, 0.25) is 0 Å². The lowest BCUT2D eigenvalue weighted by Gasteiger charge is -2.35. The van der Waals surface area contributed by atoms with Gasteiger partial charge in [0.2, 0.25) is 0 Å². The van der Waals surface area contributed by atoms with Gasteiger partial charge in [0, 0.05) is 19.6 Å². The van der Waals surface area contributed by atoms with Gasteiger partial charge in [-0.2, -0.15) is 0 Å². The van der Waals surface area contributed by atoms with Crippen LogP contribution >= 0.6 is 0 Å². The van der Waals surface area contributed by atoms with Gasteiger partial charge < -0.3 is 9.84 Å². The number of benzene rings is 1. The Morgan fingerprint density at radius 2 is 2.31 bits per heavy atom. The van der Waals surface area contributed by atoms with Crippen LogP contribution in [0.15, 0.2) is 24.3 Å². The fourth-order valence-corrected chi connectivity index (χ4v) is 1.84. The fraction of sp³-hybridized carbons (Fsp3) is 0.417. The van der Waals surface area contributed by atoms with Crippen molar-refractivity contribution in [3.63, 3.8) is 0 Å². The molecule has 1 N–H and O–H groups in total. The van der Waals surface area contributed by atoms with Crippen molar-refractivity contribution in [1.29, 1.82) is 0 Å². The first-order chi connectivity index (χ1) is 7.69. The van der Waals surface area contributed by atoms with Crippen LogP contribution in [0.4, 0.5) is 0 Å². The van der Waals surface area contributed by atoms with Gasteiger partial charge in [0.25, 0.3) is 0 Å². The van der Waals surface area contributed by atoms with Crippen LogP contribution < -0.4 is 0 Å². The van der Waals surface area contributed by atoms with Crippen LogP contribution in [0.5, 0.6) is 0 Å². The number of rotatable bonds is 3. The molecule has 0 bridgehead atoms. The average Bonchev–Trinajstić information content (AvgIpc) is 2.26. The van der Waals surface area contributed by atoms with E-state index in [1.165, 1.54) is 7.11 Å². The summed E-state index contributed by atoms with van der Waals surface area (Å²) in [5, 5.41) is 9.16. The van der Waals surface area contributed by atoms with Crippen molar-refractivity contribution < 1.29 is 14.6 Å². The van der Waals surface area contributed by atoms with E-state index in [-0.39, 0.29) is 12.1 Å². The molecule has 16 heavy (non-hydrogen) atoms. The standard InChI is InChI=1S/C12H15NO3/c1-16-12(15)10-4-2-3-9(5-10)6-13-7-11(14)8-13/h2-5,11,14H,6-8H2,1H3. The highest BCUT2D eigenvalue weighted by atomic mass is 16.5. The molecule has 86 valence electrons. The molecule has 0 atom stereocenters. The molecule has 0 aromatic heterocycles. The molecule has 1 heterocycles. The lowest BCUT2D eigenvalue weighted by Crippen LogP contribution is -2.49. The molecule has 1 fully saturated rings. The number of hydrogen-bond donors (Lipinski definition) is 1. The average molecular weight is 221 g/mol. The number of aliphatic hydroxyl groups excluding tert-OH is 1. The van der Waals surface area contributed by atoms with Crippen molar-refractivity contribution in [2.24, 2.45) is 0 Å². The molecule has 0 radical (unpaired) electrons. The number of nitrogens with zero attached hydrogens (tertiary/aromatic N) is 1. The number of carbonyl (C=O) groups excluding carboxylic acids is 1. The summed E-state index contributed by atoms with van der Waals surface area (Å²) >= 11 is 0. The van der Waals surface area contributed by atoms with Crippen LogP contribution in [0.1, 0.15) is 15.9 Å². The Labute approximate surface area is 94.4 Å². The summed E-state index contributed by atoms with van der Waals surface area (Å²) in [6, 6.07) is 7.38. The minimum atomic E-state index is -0.314. The van der Waals surface area contributed by atoms with E-state index >= 15 is 0 Å². The van der Waals surface area contributed by atoms with Crippen LogP contribution in [0, 0.1) is 0 Å². The van der Waals surface area contributed by atoms with E-state index in [1.54, 1.807) is 6.07 Å². The molecule has 4 heteroatoms. The van der Waals surface area contributed by atoms with Crippen molar-refractivity contribution in [2.75, 3.05) is 20.2 Å². The number of aliphatic hydroxyl groups is 1. The van der Waals surface area contributed by atoms with Crippen LogP contribution in [-0.2, 0) is 11.3 Å². The van der Waals surface area contributed by atoms with E-state index in [0.29, 0.717) is 18.7 Å². The zero-order valence-corrected chi connectivity index (χ0v) is 9.22. The molecule has 1 aromatic rings. The molecular formula is C12H15NO3. The zero-order chi connectivity index (χ0) is 11.5. The highest BCUT2D eigenvalue weighted by Gasteiger charge is 2.23. The molecule has 4 nitrogen and oxygen atoms in total. The van der Waals surface area contributed by atoms with E-state index in [1.807, 2.05) is 18.2 Å². The number of methoxy groups -OCH3 is 1. The molecule has 0 spiro atoms. The maximum atomic E-state index is 11.3.